The van der Waals surface area contributed by atoms with Crippen LogP contribution in [0.1, 0.15) is 77.1 Å². The number of aromatic carboxylic acids is 1. The molecule has 0 unspecified atom stereocenters. The topological polar surface area (TPSA) is 63.6 Å². The van der Waals surface area contributed by atoms with Gasteiger partial charge in [0.05, 0.1) is 11.0 Å². The van der Waals surface area contributed by atoms with E-state index in [1.54, 1.807) is 12.1 Å². The highest BCUT2D eigenvalue weighted by atomic mass is 16.5. The molecule has 0 saturated heterocycles. The van der Waals surface area contributed by atoms with Crippen LogP contribution in [0.5, 0.6) is 5.75 Å². The van der Waals surface area contributed by atoms with Crippen LogP contribution in [0.15, 0.2) is 35.4 Å². The number of hydrogen-bond donors (Lipinski definition) is 1. The number of carbonyl (C=O) groups is 2. The Morgan fingerprint density at radius 3 is 1.85 bits per heavy atom. The molecule has 1 aromatic rings. The first kappa shape index (κ1) is 19.7. The third-order valence-corrected chi connectivity index (χ3v) is 6.83. The molecule has 2 aliphatic carbocycles. The second-order valence-corrected chi connectivity index (χ2v) is 9.43. The Labute approximate surface area is 161 Å². The van der Waals surface area contributed by atoms with Gasteiger partial charge in [0.2, 0.25) is 0 Å². The smallest absolute Gasteiger partial charge is 0.335 e. The molecule has 0 aromatic heterocycles. The van der Waals surface area contributed by atoms with E-state index >= 15 is 0 Å². The van der Waals surface area contributed by atoms with Crippen molar-refractivity contribution in [2.75, 3.05) is 0 Å². The minimum absolute atomic E-state index is 0.130. The largest absolute Gasteiger partial charge is 0.478 e. The first-order valence-corrected chi connectivity index (χ1v) is 9.79. The van der Waals surface area contributed by atoms with Crippen LogP contribution in [0.2, 0.25) is 0 Å². The van der Waals surface area contributed by atoms with E-state index in [1.807, 2.05) is 0 Å². The summed E-state index contributed by atoms with van der Waals surface area (Å²) in [5.41, 5.74) is 2.81. The molecule has 0 fully saturated rings. The Bertz CT molecular complexity index is 768. The molecule has 146 valence electrons. The summed E-state index contributed by atoms with van der Waals surface area (Å²) in [5, 5.41) is 9.01. The van der Waals surface area contributed by atoms with E-state index in [1.165, 1.54) is 23.3 Å². The van der Waals surface area contributed by atoms with Crippen LogP contribution in [-0.2, 0) is 4.79 Å². The van der Waals surface area contributed by atoms with Gasteiger partial charge in [-0.15, -0.1) is 0 Å². The number of esters is 1. The standard InChI is InChI=1S/C23H30O4/c1-6-23(20(26)27-16-9-7-15(8-10-16)19(24)25)13-17-18(14-23)22(4,5)12-11-21(17,2)3/h7-10H,6,11-14H2,1-5H3,(H,24,25). The minimum atomic E-state index is -0.991. The molecule has 0 aliphatic heterocycles. The van der Waals surface area contributed by atoms with Gasteiger partial charge < -0.3 is 9.84 Å². The van der Waals surface area contributed by atoms with E-state index < -0.39 is 11.4 Å². The van der Waals surface area contributed by atoms with Crippen molar-refractivity contribution in [1.82, 2.24) is 0 Å². The van der Waals surface area contributed by atoms with Gasteiger partial charge in [-0.1, -0.05) is 45.8 Å². The molecule has 1 N–H and O–H groups in total. The summed E-state index contributed by atoms with van der Waals surface area (Å²) in [7, 11) is 0. The van der Waals surface area contributed by atoms with E-state index in [0.29, 0.717) is 5.75 Å². The maximum atomic E-state index is 13.2. The summed E-state index contributed by atoms with van der Waals surface area (Å²) in [5.74, 6) is -0.787. The molecule has 0 radical (unpaired) electrons. The van der Waals surface area contributed by atoms with Gasteiger partial charge in [-0.3, -0.25) is 4.79 Å². The van der Waals surface area contributed by atoms with Gasteiger partial charge >= 0.3 is 11.9 Å². The molecule has 4 heteroatoms. The Balaban J connectivity index is 1.85. The third kappa shape index (κ3) is 3.42. The van der Waals surface area contributed by atoms with Crippen LogP contribution in [-0.4, -0.2) is 17.0 Å². The predicted molar refractivity (Wildman–Crippen MR) is 105 cm³/mol. The van der Waals surface area contributed by atoms with Crippen LogP contribution in [0.25, 0.3) is 0 Å². The predicted octanol–water partition coefficient (Wildman–Crippen LogP) is 5.62. The fraction of sp³-hybridized carbons (Fsp3) is 0.565. The number of carboxylic acid groups (broad SMARTS) is 1. The zero-order chi connectivity index (χ0) is 20.0. The van der Waals surface area contributed by atoms with Gasteiger partial charge in [-0.2, -0.15) is 0 Å². The lowest BCUT2D eigenvalue weighted by molar-refractivity contribution is -0.145. The number of carbonyl (C=O) groups excluding carboxylic acids is 1. The minimum Gasteiger partial charge on any atom is -0.478 e. The Morgan fingerprint density at radius 2 is 1.44 bits per heavy atom. The van der Waals surface area contributed by atoms with Crippen molar-refractivity contribution in [3.05, 3.63) is 41.0 Å². The maximum Gasteiger partial charge on any atom is 0.335 e. The van der Waals surface area contributed by atoms with Crippen molar-refractivity contribution in [3.8, 4) is 5.75 Å². The van der Waals surface area contributed by atoms with Crippen molar-refractivity contribution in [2.24, 2.45) is 16.2 Å². The first-order valence-electron chi connectivity index (χ1n) is 9.79. The Morgan fingerprint density at radius 1 is 0.963 bits per heavy atom. The molecule has 3 rings (SSSR count). The SMILES string of the molecule is CCC1(C(=O)Oc2ccc(C(=O)O)cc2)CC2=C(C1)C(C)(C)CCC2(C)C. The van der Waals surface area contributed by atoms with Gasteiger partial charge in [0.25, 0.3) is 0 Å². The van der Waals surface area contributed by atoms with Crippen molar-refractivity contribution in [1.29, 1.82) is 0 Å². The van der Waals surface area contributed by atoms with Gasteiger partial charge in [0, 0.05) is 0 Å². The molecular formula is C23H30O4. The average molecular weight is 370 g/mol. The lowest BCUT2D eigenvalue weighted by Crippen LogP contribution is -2.33. The summed E-state index contributed by atoms with van der Waals surface area (Å²) < 4.78 is 5.71. The Hall–Kier alpha value is -2.10. The normalized spacial score (nSPS) is 22.3. The van der Waals surface area contributed by atoms with Crippen molar-refractivity contribution >= 4 is 11.9 Å². The van der Waals surface area contributed by atoms with E-state index in [0.717, 1.165) is 32.1 Å². The zero-order valence-electron chi connectivity index (χ0n) is 17.0. The van der Waals surface area contributed by atoms with Crippen molar-refractivity contribution in [3.63, 3.8) is 0 Å². The fourth-order valence-corrected chi connectivity index (χ4v) is 4.59. The highest BCUT2D eigenvalue weighted by molar-refractivity contribution is 5.88. The summed E-state index contributed by atoms with van der Waals surface area (Å²) in [6, 6.07) is 6.04. The van der Waals surface area contributed by atoms with Crippen molar-refractivity contribution in [2.45, 2.75) is 66.7 Å². The summed E-state index contributed by atoms with van der Waals surface area (Å²) in [6.07, 6.45) is 4.55. The van der Waals surface area contributed by atoms with Gasteiger partial charge in [-0.25, -0.2) is 4.79 Å². The fourth-order valence-electron chi connectivity index (χ4n) is 4.59. The number of ether oxygens (including phenoxy) is 1. The summed E-state index contributed by atoms with van der Waals surface area (Å²) in [4.78, 5) is 24.2. The van der Waals surface area contributed by atoms with E-state index in [2.05, 4.69) is 34.6 Å². The maximum absolute atomic E-state index is 13.2. The van der Waals surface area contributed by atoms with Crippen LogP contribution in [0, 0.1) is 16.2 Å². The number of rotatable bonds is 4. The molecule has 0 spiro atoms. The number of benzene rings is 1. The van der Waals surface area contributed by atoms with E-state index in [9.17, 15) is 9.59 Å². The van der Waals surface area contributed by atoms with Crippen LogP contribution in [0.3, 0.4) is 0 Å². The second-order valence-electron chi connectivity index (χ2n) is 9.43. The summed E-state index contributed by atoms with van der Waals surface area (Å²) in [6.45, 7) is 11.2. The molecule has 0 heterocycles. The number of carboxylic acids is 1. The highest BCUT2D eigenvalue weighted by Gasteiger charge is 2.52. The molecule has 27 heavy (non-hydrogen) atoms. The van der Waals surface area contributed by atoms with Gasteiger partial charge in [0.15, 0.2) is 0 Å². The second kappa shape index (κ2) is 6.50. The highest BCUT2D eigenvalue weighted by Crippen LogP contribution is 2.60. The Kier molecular flexibility index (Phi) is 4.73. The van der Waals surface area contributed by atoms with E-state index in [4.69, 9.17) is 9.84 Å². The van der Waals surface area contributed by atoms with Gasteiger partial charge in [0.1, 0.15) is 5.75 Å². The molecule has 0 atom stereocenters. The quantitative estimate of drug-likeness (QED) is 0.424. The van der Waals surface area contributed by atoms with Crippen LogP contribution >= 0.6 is 0 Å². The zero-order valence-corrected chi connectivity index (χ0v) is 17.0. The molecule has 4 nitrogen and oxygen atoms in total. The lowest BCUT2D eigenvalue weighted by atomic mass is 9.64. The molecule has 0 amide bonds. The monoisotopic (exact) mass is 370 g/mol. The number of allylic oxidation sites excluding steroid dienone is 2. The molecule has 2 aliphatic rings. The third-order valence-electron chi connectivity index (χ3n) is 6.83. The van der Waals surface area contributed by atoms with Gasteiger partial charge in [-0.05, 0) is 67.2 Å². The van der Waals surface area contributed by atoms with Crippen LogP contribution in [0.4, 0.5) is 0 Å². The van der Waals surface area contributed by atoms with E-state index in [-0.39, 0.29) is 22.4 Å². The average Bonchev–Trinajstić information content (AvgIpc) is 3.04. The number of hydrogen-bond acceptors (Lipinski definition) is 3. The van der Waals surface area contributed by atoms with Crippen molar-refractivity contribution < 1.29 is 19.4 Å². The summed E-state index contributed by atoms with van der Waals surface area (Å²) >= 11 is 0. The molecule has 0 saturated carbocycles. The van der Waals surface area contributed by atoms with Crippen LogP contribution < -0.4 is 4.74 Å². The first-order chi connectivity index (χ1) is 12.5. The molecule has 0 bridgehead atoms. The molecule has 1 aromatic carbocycles. The lowest BCUT2D eigenvalue weighted by Gasteiger charge is -2.41. The molecular weight excluding hydrogens is 340 g/mol.